The van der Waals surface area contributed by atoms with Gasteiger partial charge in [0.05, 0.1) is 32.0 Å². The zero-order valence-corrected chi connectivity index (χ0v) is 35.0. The van der Waals surface area contributed by atoms with Gasteiger partial charge >= 0.3 is 18.2 Å². The molecule has 3 heterocycles. The van der Waals surface area contributed by atoms with Gasteiger partial charge in [0.1, 0.15) is 35.0 Å². The number of ether oxygens (including phenoxy) is 4. The van der Waals surface area contributed by atoms with Crippen molar-refractivity contribution in [2.45, 2.75) is 78.4 Å². The van der Waals surface area contributed by atoms with Crippen LogP contribution in [0.25, 0.3) is 11.1 Å². The van der Waals surface area contributed by atoms with Crippen molar-refractivity contribution in [1.29, 1.82) is 0 Å². The van der Waals surface area contributed by atoms with Crippen molar-refractivity contribution < 1.29 is 48.0 Å². The van der Waals surface area contributed by atoms with Gasteiger partial charge in [-0.1, -0.05) is 29.4 Å². The van der Waals surface area contributed by atoms with Crippen LogP contribution in [-0.4, -0.2) is 90.3 Å². The monoisotopic (exact) mass is 833 g/mol. The molecule has 314 valence electrons. The lowest BCUT2D eigenvalue weighted by Crippen LogP contribution is -2.39. The van der Waals surface area contributed by atoms with E-state index in [1.165, 1.54) is 10.2 Å². The number of carboxylic acids is 1. The van der Waals surface area contributed by atoms with Crippen molar-refractivity contribution in [2.24, 2.45) is 12.2 Å². The molecule has 0 saturated carbocycles. The smallest absolute Gasteiger partial charge is 0.413 e. The molecule has 0 aliphatic carbocycles. The van der Waals surface area contributed by atoms with E-state index >= 15 is 0 Å². The second-order valence-corrected chi connectivity index (χ2v) is 16.0. The Hall–Kier alpha value is -6.57. The minimum atomic E-state index is -1.43. The summed E-state index contributed by atoms with van der Waals surface area (Å²) in [5.74, 6) is -0.146. The number of anilines is 1. The number of carboxylic acid groups (broad SMARTS) is 1. The number of alkyl carbamates (subject to hydrolysis) is 1. The number of nitrogens with zero attached hydrogens (tertiary/aromatic N) is 8. The van der Waals surface area contributed by atoms with E-state index < -0.39 is 41.2 Å². The molecule has 3 N–H and O–H groups in total. The van der Waals surface area contributed by atoms with E-state index in [1.54, 1.807) is 40.0 Å². The number of hydrogen-bond donors (Lipinski definition) is 3. The number of carbonyl (C=O) groups is 3. The summed E-state index contributed by atoms with van der Waals surface area (Å²) >= 11 is 0.988. The summed E-state index contributed by atoms with van der Waals surface area (Å²) in [4.78, 5) is 47.9. The van der Waals surface area contributed by atoms with Gasteiger partial charge in [-0.05, 0) is 88.6 Å². The number of aryl methyl sites for hydroxylation is 2. The van der Waals surface area contributed by atoms with E-state index in [-0.39, 0.29) is 29.8 Å². The predicted molar refractivity (Wildman–Crippen MR) is 215 cm³/mol. The van der Waals surface area contributed by atoms with E-state index in [1.807, 2.05) is 86.0 Å². The first kappa shape index (κ1) is 43.6. The molecule has 3 aromatic heterocycles. The third-order valence-electron chi connectivity index (χ3n) is 7.91. The van der Waals surface area contributed by atoms with E-state index in [4.69, 9.17) is 23.8 Å². The van der Waals surface area contributed by atoms with Crippen molar-refractivity contribution in [1.82, 2.24) is 35.2 Å². The lowest BCUT2D eigenvalue weighted by molar-refractivity contribution is -0.753. The summed E-state index contributed by atoms with van der Waals surface area (Å²) in [5.41, 5.74) is 0.908. The van der Waals surface area contributed by atoms with Crippen LogP contribution < -0.4 is 24.8 Å². The van der Waals surface area contributed by atoms with E-state index in [0.717, 1.165) is 28.0 Å². The molecule has 0 fully saturated rings. The number of oxime groups is 1. The Labute approximate surface area is 344 Å². The highest BCUT2D eigenvalue weighted by molar-refractivity contribution is 7.14. The van der Waals surface area contributed by atoms with Crippen LogP contribution in [0.4, 0.5) is 14.7 Å². The largest absolute Gasteiger partial charge is 0.497 e. The fourth-order valence-corrected chi connectivity index (χ4v) is 5.91. The molecule has 0 aliphatic heterocycles. The van der Waals surface area contributed by atoms with Crippen LogP contribution in [0.3, 0.4) is 0 Å². The number of tetrazole rings is 1. The number of amides is 2. The Kier molecular flexibility index (Phi) is 14.2. The molecule has 0 spiro atoms. The summed E-state index contributed by atoms with van der Waals surface area (Å²) in [6, 6.07) is 14.8. The fourth-order valence-electron chi connectivity index (χ4n) is 5.23. The molecule has 2 amide bonds. The Morgan fingerprint density at radius 3 is 2.29 bits per heavy atom. The Morgan fingerprint density at radius 1 is 0.949 bits per heavy atom. The number of aliphatic carboxylic acids is 1. The molecule has 1 unspecified atom stereocenters. The number of carbonyl (C=O) groups excluding carboxylic acids is 2. The quantitative estimate of drug-likeness (QED) is 0.0465. The third-order valence-corrected chi connectivity index (χ3v) is 8.67. The van der Waals surface area contributed by atoms with Gasteiger partial charge in [-0.2, -0.15) is 9.48 Å². The summed E-state index contributed by atoms with van der Waals surface area (Å²) in [5, 5.41) is 33.6. The average molecular weight is 834 g/mol. The van der Waals surface area contributed by atoms with Gasteiger partial charge in [0, 0.05) is 11.9 Å². The minimum absolute atomic E-state index is 0.0559. The maximum Gasteiger partial charge on any atom is 0.413 e. The molecule has 0 saturated heterocycles. The third kappa shape index (κ3) is 13.5. The molecule has 1 atom stereocenters. The van der Waals surface area contributed by atoms with Crippen LogP contribution in [0.15, 0.2) is 71.5 Å². The Morgan fingerprint density at radius 2 is 1.63 bits per heavy atom. The van der Waals surface area contributed by atoms with Crippen LogP contribution in [0.2, 0.25) is 0 Å². The number of nitrogens with one attached hydrogen (secondary N) is 2. The maximum atomic E-state index is 12.3. The van der Waals surface area contributed by atoms with E-state index in [2.05, 4.69) is 36.2 Å². The van der Waals surface area contributed by atoms with Crippen LogP contribution in [0, 0.1) is 0 Å². The first-order valence-electron chi connectivity index (χ1n) is 18.5. The predicted octanol–water partition coefficient (Wildman–Crippen LogP) is 5.37. The number of benzene rings is 2. The number of methoxy groups -OCH3 is 1. The van der Waals surface area contributed by atoms with Crippen molar-refractivity contribution >= 4 is 40.3 Å². The lowest BCUT2D eigenvalue weighted by Gasteiger charge is -2.19. The van der Waals surface area contributed by atoms with Crippen LogP contribution in [0.1, 0.15) is 71.1 Å². The van der Waals surface area contributed by atoms with Crippen LogP contribution in [-0.2, 0) is 39.2 Å². The van der Waals surface area contributed by atoms with Crippen LogP contribution >= 0.6 is 11.3 Å². The Balaban J connectivity index is 1.28. The van der Waals surface area contributed by atoms with Crippen molar-refractivity contribution in [3.05, 3.63) is 83.4 Å². The molecule has 59 heavy (non-hydrogen) atoms. The molecule has 0 aliphatic rings. The molecule has 0 radical (unpaired) electrons. The van der Waals surface area contributed by atoms with Gasteiger partial charge in [0.25, 0.3) is 0 Å². The molecular weight excluding hydrogens is 785 g/mol. The normalized spacial score (nSPS) is 12.4. The Bertz CT molecular complexity index is 2220. The molecule has 5 aromatic rings. The topological polar surface area (TPSA) is 219 Å². The lowest BCUT2D eigenvalue weighted by atomic mass is 10.1. The number of rotatable bonds is 17. The highest BCUT2D eigenvalue weighted by Crippen LogP contribution is 2.24. The average Bonchev–Trinajstić information content (AvgIpc) is 3.91. The fraction of sp³-hybridized carbons (Fsp3) is 0.410. The standard InChI is InChI=1S/C39H48N10O9S/c1-38(2,3)56-36(52)40-18-9-19-48-22-27(21-47(48)7)26-12-16-29(17-13-26)55-23-31(33-43-46-49(44-33)20-25-10-14-28(54-8)15-11-25)58-45-32(34(50)51)30-24-59-35(41-30)42-37(53)57-39(4,5)6/h10-17,21-22,24,31H,9,18-20,23H2,1-8H3,(H2-,40,41,42,50,51,52,53)/p+1/b45-32-. The molecule has 2 aromatic carbocycles. The zero-order chi connectivity index (χ0) is 42.7. The van der Waals surface area contributed by atoms with Gasteiger partial charge in [-0.3, -0.25) is 5.32 Å². The zero-order valence-electron chi connectivity index (χ0n) is 34.2. The summed E-state index contributed by atoms with van der Waals surface area (Å²) < 4.78 is 25.9. The van der Waals surface area contributed by atoms with Gasteiger partial charge in [-0.15, -0.1) is 26.2 Å². The molecule has 20 heteroatoms. The first-order valence-corrected chi connectivity index (χ1v) is 19.4. The van der Waals surface area contributed by atoms with Gasteiger partial charge in [-0.25, -0.2) is 19.4 Å². The highest BCUT2D eigenvalue weighted by Gasteiger charge is 2.25. The van der Waals surface area contributed by atoms with Crippen molar-refractivity contribution in [2.75, 3.05) is 25.6 Å². The van der Waals surface area contributed by atoms with Crippen molar-refractivity contribution in [3.63, 3.8) is 0 Å². The van der Waals surface area contributed by atoms with Gasteiger partial charge in [0.15, 0.2) is 12.2 Å². The molecular formula is C39H49N10O9S+. The molecule has 5 rings (SSSR count). The second kappa shape index (κ2) is 19.2. The second-order valence-electron chi connectivity index (χ2n) is 15.1. The maximum absolute atomic E-state index is 12.3. The number of thiazole rings is 1. The van der Waals surface area contributed by atoms with Gasteiger partial charge in [0.2, 0.25) is 23.8 Å². The minimum Gasteiger partial charge on any atom is -0.497 e. The molecule has 19 nitrogen and oxygen atoms in total. The van der Waals surface area contributed by atoms with E-state index in [9.17, 15) is 19.5 Å². The SMILES string of the molecule is COc1ccc(Cn2nnc(C(COc3ccc(-c4cn(CCCNC(=O)OC(C)(C)C)[n+](C)c4)cc3)O/N=C(\C(=O)O)c3csc(NC(=O)OC(C)(C)C)n3)n2)cc1. The summed E-state index contributed by atoms with van der Waals surface area (Å²) in [6.07, 6.45) is 2.43. The van der Waals surface area contributed by atoms with Gasteiger partial charge < -0.3 is 34.2 Å². The molecule has 0 bridgehead atoms. The van der Waals surface area contributed by atoms with Crippen LogP contribution in [0.5, 0.6) is 11.5 Å². The summed E-state index contributed by atoms with van der Waals surface area (Å²) in [7, 11) is 3.52. The number of aromatic nitrogens is 7. The summed E-state index contributed by atoms with van der Waals surface area (Å²) in [6.45, 7) is 11.9. The van der Waals surface area contributed by atoms with E-state index in [0.29, 0.717) is 31.0 Å². The number of hydrogen-bond acceptors (Lipinski definition) is 14. The highest BCUT2D eigenvalue weighted by atomic mass is 32.1. The van der Waals surface area contributed by atoms with Crippen molar-refractivity contribution in [3.8, 4) is 22.6 Å². The first-order chi connectivity index (χ1) is 27.9.